The molecular weight excluding hydrogens is 352 g/mol. The summed E-state index contributed by atoms with van der Waals surface area (Å²) in [6, 6.07) is 19.7. The van der Waals surface area contributed by atoms with Crippen molar-refractivity contribution in [3.05, 3.63) is 72.0 Å². The Morgan fingerprint density at radius 2 is 1.93 bits per heavy atom. The topological polar surface area (TPSA) is 64.4 Å². The maximum Gasteiger partial charge on any atom is 0.287 e. The molecule has 1 N–H and O–H groups in total. The van der Waals surface area contributed by atoms with Gasteiger partial charge in [0.1, 0.15) is 5.75 Å². The molecular formula is C23H22N2O3. The highest BCUT2D eigenvalue weighted by Crippen LogP contribution is 2.25. The number of fused-ring (bicyclic) bond motifs is 2. The second-order valence-electron chi connectivity index (χ2n) is 6.95. The van der Waals surface area contributed by atoms with Gasteiger partial charge in [-0.25, -0.2) is 4.98 Å². The molecule has 0 aliphatic carbocycles. The minimum Gasteiger partial charge on any atom is -0.497 e. The zero-order valence-electron chi connectivity index (χ0n) is 15.9. The molecule has 2 aromatic heterocycles. The van der Waals surface area contributed by atoms with E-state index in [-0.39, 0.29) is 17.7 Å². The van der Waals surface area contributed by atoms with Gasteiger partial charge < -0.3 is 14.5 Å². The van der Waals surface area contributed by atoms with E-state index in [1.165, 1.54) is 5.56 Å². The molecule has 142 valence electrons. The molecule has 0 aliphatic rings. The number of hydrogen-bond donors (Lipinski definition) is 1. The maximum absolute atomic E-state index is 12.6. The number of ether oxygens (including phenoxy) is 1. The van der Waals surface area contributed by atoms with Gasteiger partial charge in [-0.1, -0.05) is 30.3 Å². The first-order valence-corrected chi connectivity index (χ1v) is 9.35. The van der Waals surface area contributed by atoms with E-state index in [2.05, 4.69) is 22.4 Å². The summed E-state index contributed by atoms with van der Waals surface area (Å²) in [4.78, 5) is 17.1. The molecule has 0 saturated heterocycles. The van der Waals surface area contributed by atoms with Crippen LogP contribution in [-0.4, -0.2) is 24.0 Å². The van der Waals surface area contributed by atoms with Crippen LogP contribution in [0.4, 0.5) is 0 Å². The van der Waals surface area contributed by atoms with E-state index in [1.807, 2.05) is 49.4 Å². The first kappa shape index (κ1) is 18.0. The molecule has 5 nitrogen and oxygen atoms in total. The Bertz CT molecular complexity index is 1120. The number of methoxy groups -OCH3 is 1. The summed E-state index contributed by atoms with van der Waals surface area (Å²) in [7, 11) is 1.62. The molecule has 0 fully saturated rings. The predicted molar refractivity (Wildman–Crippen MR) is 110 cm³/mol. The number of benzene rings is 2. The number of nitrogens with zero attached hydrogens (tertiary/aromatic N) is 1. The zero-order chi connectivity index (χ0) is 19.5. The highest BCUT2D eigenvalue weighted by Gasteiger charge is 2.16. The highest BCUT2D eigenvalue weighted by molar-refractivity contribution is 5.98. The number of aryl methyl sites for hydroxylation is 1. The second-order valence-corrected chi connectivity index (χ2v) is 6.95. The summed E-state index contributed by atoms with van der Waals surface area (Å²) in [6.45, 7) is 2.00. The van der Waals surface area contributed by atoms with E-state index >= 15 is 0 Å². The van der Waals surface area contributed by atoms with Gasteiger partial charge in [0.2, 0.25) is 5.71 Å². The Balaban J connectivity index is 1.48. The van der Waals surface area contributed by atoms with Crippen LogP contribution in [0.25, 0.3) is 22.0 Å². The summed E-state index contributed by atoms with van der Waals surface area (Å²) in [5, 5.41) is 4.78. The molecule has 1 amide bonds. The van der Waals surface area contributed by atoms with Crippen LogP contribution in [0, 0.1) is 0 Å². The zero-order valence-corrected chi connectivity index (χ0v) is 15.9. The number of carbonyl (C=O) groups excluding carboxylic acids is 1. The fraction of sp³-hybridized carbons (Fsp3) is 0.217. The van der Waals surface area contributed by atoms with Crippen molar-refractivity contribution >= 4 is 27.9 Å². The van der Waals surface area contributed by atoms with E-state index in [4.69, 9.17) is 9.15 Å². The summed E-state index contributed by atoms with van der Waals surface area (Å²) >= 11 is 0. The van der Waals surface area contributed by atoms with Gasteiger partial charge in [0.25, 0.3) is 5.91 Å². The van der Waals surface area contributed by atoms with Gasteiger partial charge in [0.15, 0.2) is 5.76 Å². The van der Waals surface area contributed by atoms with Crippen molar-refractivity contribution in [2.24, 2.45) is 0 Å². The van der Waals surface area contributed by atoms with Gasteiger partial charge in [0, 0.05) is 22.9 Å². The van der Waals surface area contributed by atoms with Gasteiger partial charge >= 0.3 is 0 Å². The summed E-state index contributed by atoms with van der Waals surface area (Å²) in [5.74, 6) is 0.785. The van der Waals surface area contributed by atoms with E-state index in [0.29, 0.717) is 5.71 Å². The van der Waals surface area contributed by atoms with Crippen molar-refractivity contribution < 1.29 is 13.9 Å². The number of rotatable bonds is 6. The number of aromatic nitrogens is 1. The number of amides is 1. The Labute approximate surface area is 163 Å². The lowest BCUT2D eigenvalue weighted by Gasteiger charge is -2.12. The number of carbonyl (C=O) groups is 1. The van der Waals surface area contributed by atoms with Crippen LogP contribution in [-0.2, 0) is 6.42 Å². The molecule has 4 aromatic rings. The van der Waals surface area contributed by atoms with Crippen LogP contribution in [0.15, 0.2) is 65.1 Å². The minimum atomic E-state index is -0.222. The number of furan rings is 1. The second kappa shape index (κ2) is 7.72. The molecule has 0 bridgehead atoms. The van der Waals surface area contributed by atoms with Crippen molar-refractivity contribution in [1.82, 2.24) is 10.3 Å². The average molecular weight is 374 g/mol. The predicted octanol–water partition coefficient (Wildman–Crippen LogP) is 4.74. The number of nitrogens with one attached hydrogen (secondary N) is 1. The van der Waals surface area contributed by atoms with Crippen molar-refractivity contribution in [1.29, 1.82) is 0 Å². The molecule has 0 aliphatic heterocycles. The Morgan fingerprint density at radius 1 is 1.11 bits per heavy atom. The van der Waals surface area contributed by atoms with Crippen molar-refractivity contribution in [2.45, 2.75) is 25.8 Å². The monoisotopic (exact) mass is 374 g/mol. The summed E-state index contributed by atoms with van der Waals surface area (Å²) in [6.07, 6.45) is 1.77. The molecule has 4 rings (SSSR count). The quantitative estimate of drug-likeness (QED) is 0.529. The summed E-state index contributed by atoms with van der Waals surface area (Å²) in [5.41, 5.74) is 2.48. The molecule has 0 radical (unpaired) electrons. The minimum absolute atomic E-state index is 0.0391. The van der Waals surface area contributed by atoms with E-state index in [1.54, 1.807) is 13.2 Å². The van der Waals surface area contributed by atoms with Crippen LogP contribution in [0.3, 0.4) is 0 Å². The number of hydrogen-bond acceptors (Lipinski definition) is 4. The Kier molecular flexibility index (Phi) is 4.98. The van der Waals surface area contributed by atoms with Crippen molar-refractivity contribution in [3.8, 4) is 5.75 Å². The largest absolute Gasteiger partial charge is 0.497 e. The first-order valence-electron chi connectivity index (χ1n) is 9.35. The van der Waals surface area contributed by atoms with Crippen molar-refractivity contribution in [3.63, 3.8) is 0 Å². The molecule has 0 spiro atoms. The smallest absolute Gasteiger partial charge is 0.287 e. The van der Waals surface area contributed by atoms with Gasteiger partial charge in [-0.15, -0.1) is 0 Å². The lowest BCUT2D eigenvalue weighted by Crippen LogP contribution is -2.32. The normalized spacial score (nSPS) is 12.2. The highest BCUT2D eigenvalue weighted by atomic mass is 16.5. The van der Waals surface area contributed by atoms with Gasteiger partial charge in [-0.2, -0.15) is 0 Å². The van der Waals surface area contributed by atoms with Gasteiger partial charge in [-0.3, -0.25) is 4.79 Å². The molecule has 5 heteroatoms. The molecule has 2 heterocycles. The van der Waals surface area contributed by atoms with E-state index in [0.717, 1.165) is 34.9 Å². The average Bonchev–Trinajstić information content (AvgIpc) is 3.14. The fourth-order valence-corrected chi connectivity index (χ4v) is 3.24. The fourth-order valence-electron chi connectivity index (χ4n) is 3.24. The summed E-state index contributed by atoms with van der Waals surface area (Å²) < 4.78 is 11.0. The Morgan fingerprint density at radius 3 is 2.71 bits per heavy atom. The molecule has 1 unspecified atom stereocenters. The standard InChI is InChI=1S/C23H22N2O3/c1-15(8-9-16-6-4-3-5-7-16)24-22(26)21-13-18-12-17-10-11-19(27-2)14-20(17)25-23(18)28-21/h3-7,10-15H,8-9H2,1-2H3,(H,24,26). The van der Waals surface area contributed by atoms with E-state index in [9.17, 15) is 4.79 Å². The van der Waals surface area contributed by atoms with Crippen LogP contribution in [0.2, 0.25) is 0 Å². The third kappa shape index (κ3) is 3.83. The van der Waals surface area contributed by atoms with Crippen LogP contribution in [0.1, 0.15) is 29.5 Å². The molecule has 2 aromatic carbocycles. The van der Waals surface area contributed by atoms with Crippen LogP contribution >= 0.6 is 0 Å². The first-order chi connectivity index (χ1) is 13.6. The van der Waals surface area contributed by atoms with Gasteiger partial charge in [-0.05, 0) is 49.6 Å². The maximum atomic E-state index is 12.6. The SMILES string of the molecule is COc1ccc2cc3cc(C(=O)NC(C)CCc4ccccc4)oc3nc2c1. The third-order valence-electron chi connectivity index (χ3n) is 4.82. The Hall–Kier alpha value is -3.34. The lowest BCUT2D eigenvalue weighted by atomic mass is 10.1. The van der Waals surface area contributed by atoms with Crippen LogP contribution < -0.4 is 10.1 Å². The lowest BCUT2D eigenvalue weighted by molar-refractivity contribution is 0.0912. The molecule has 0 saturated carbocycles. The van der Waals surface area contributed by atoms with Crippen LogP contribution in [0.5, 0.6) is 5.75 Å². The van der Waals surface area contributed by atoms with Crippen molar-refractivity contribution in [2.75, 3.05) is 7.11 Å². The van der Waals surface area contributed by atoms with E-state index < -0.39 is 0 Å². The molecule has 28 heavy (non-hydrogen) atoms. The van der Waals surface area contributed by atoms with Gasteiger partial charge in [0.05, 0.1) is 12.6 Å². The number of pyridine rings is 1. The third-order valence-corrected chi connectivity index (χ3v) is 4.82. The molecule has 1 atom stereocenters.